The molecule has 39 heavy (non-hydrogen) atoms. The van der Waals surface area contributed by atoms with Crippen LogP contribution in [0.4, 0.5) is 0 Å². The number of esters is 2. The molecule has 2 unspecified atom stereocenters. The number of amides is 1. The molecule has 1 aromatic heterocycles. The quantitative estimate of drug-likeness (QED) is 0.387. The van der Waals surface area contributed by atoms with Crippen LogP contribution in [-0.2, 0) is 32.6 Å². The number of nitrogens with zero attached hydrogens (tertiary/aromatic N) is 1. The number of aryl methyl sites for hydroxylation is 1. The van der Waals surface area contributed by atoms with Crippen LogP contribution in [-0.4, -0.2) is 46.6 Å². The first-order valence-electron chi connectivity index (χ1n) is 13.1. The summed E-state index contributed by atoms with van der Waals surface area (Å²) >= 11 is 0. The first-order valence-corrected chi connectivity index (χ1v) is 13.1. The molecule has 1 amide bonds. The van der Waals surface area contributed by atoms with Crippen molar-refractivity contribution in [3.8, 4) is 5.75 Å². The Kier molecular flexibility index (Phi) is 6.82. The van der Waals surface area contributed by atoms with E-state index in [0.717, 1.165) is 19.3 Å². The zero-order valence-corrected chi connectivity index (χ0v) is 22.0. The lowest BCUT2D eigenvalue weighted by Crippen LogP contribution is -2.61. The average Bonchev–Trinajstić information content (AvgIpc) is 2.89. The second kappa shape index (κ2) is 9.98. The first kappa shape index (κ1) is 26.6. The van der Waals surface area contributed by atoms with Crippen molar-refractivity contribution >= 4 is 23.8 Å². The maximum absolute atomic E-state index is 13.6. The summed E-state index contributed by atoms with van der Waals surface area (Å²) in [5, 5.41) is 12.7. The largest absolute Gasteiger partial charge is 0.480 e. The number of hydrogen-bond donors (Lipinski definition) is 2. The highest BCUT2D eigenvalue weighted by Gasteiger charge is 2.63. The Labute approximate surface area is 225 Å². The summed E-state index contributed by atoms with van der Waals surface area (Å²) in [5.41, 5.74) is -1.38. The van der Waals surface area contributed by atoms with Crippen LogP contribution >= 0.6 is 0 Å². The van der Waals surface area contributed by atoms with Crippen LogP contribution in [0.25, 0.3) is 0 Å². The number of nitrogens with one attached hydrogen (secondary N) is 1. The van der Waals surface area contributed by atoms with Gasteiger partial charge in [0, 0.05) is 19.7 Å². The lowest BCUT2D eigenvalue weighted by atomic mass is 9.44. The molecule has 0 aliphatic heterocycles. The van der Waals surface area contributed by atoms with Gasteiger partial charge >= 0.3 is 17.9 Å². The molecular formula is C29H32N2O8. The van der Waals surface area contributed by atoms with E-state index in [1.807, 2.05) is 0 Å². The number of carbonyl (C=O) groups excluding carboxylic acids is 3. The van der Waals surface area contributed by atoms with Crippen molar-refractivity contribution in [3.63, 3.8) is 0 Å². The van der Waals surface area contributed by atoms with Crippen molar-refractivity contribution in [3.05, 3.63) is 64.1 Å². The predicted molar refractivity (Wildman–Crippen MR) is 138 cm³/mol. The van der Waals surface area contributed by atoms with Gasteiger partial charge in [-0.1, -0.05) is 12.1 Å². The van der Waals surface area contributed by atoms with Gasteiger partial charge in [-0.25, -0.2) is 9.59 Å². The van der Waals surface area contributed by atoms with Gasteiger partial charge in [-0.15, -0.1) is 0 Å². The Bertz CT molecular complexity index is 1360. The Hall–Kier alpha value is -3.95. The second-order valence-electron chi connectivity index (χ2n) is 11.5. The third kappa shape index (κ3) is 4.95. The van der Waals surface area contributed by atoms with Crippen molar-refractivity contribution in [2.75, 3.05) is 7.11 Å². The molecule has 0 radical (unpaired) electrons. The molecule has 4 bridgehead atoms. The molecule has 6 rings (SSSR count). The molecule has 4 fully saturated rings. The number of aliphatic carboxylic acids is 1. The summed E-state index contributed by atoms with van der Waals surface area (Å²) in [7, 11) is 2.91. The van der Waals surface area contributed by atoms with Crippen LogP contribution in [0, 0.1) is 22.7 Å². The molecule has 0 saturated heterocycles. The van der Waals surface area contributed by atoms with Crippen molar-refractivity contribution in [1.82, 2.24) is 9.88 Å². The summed E-state index contributed by atoms with van der Waals surface area (Å²) in [6, 6.07) is 8.05. The SMILES string of the molecule is COC(=O)C12CC3CC(CC(C(=O)N[C@@H](Cc4ccc(OC(=O)c5cccn(C)c5=O)cc4)C(=O)O)(C3)C1)C2. The maximum Gasteiger partial charge on any atom is 0.349 e. The van der Waals surface area contributed by atoms with Gasteiger partial charge in [-0.2, -0.15) is 0 Å². The number of benzene rings is 1. The minimum absolute atomic E-state index is 0.0274. The van der Waals surface area contributed by atoms with Crippen LogP contribution < -0.4 is 15.6 Å². The molecule has 2 aromatic rings. The highest BCUT2D eigenvalue weighted by Crippen LogP contribution is 2.65. The fraction of sp³-hybridized carbons (Fsp3) is 0.483. The molecule has 0 spiro atoms. The smallest absolute Gasteiger partial charge is 0.349 e. The van der Waals surface area contributed by atoms with Crippen LogP contribution in [0.3, 0.4) is 0 Å². The molecule has 2 N–H and O–H groups in total. The van der Waals surface area contributed by atoms with Gasteiger partial charge < -0.3 is 24.5 Å². The number of carboxylic acids is 1. The summed E-state index contributed by atoms with van der Waals surface area (Å²) in [6.07, 6.45) is 5.71. The topological polar surface area (TPSA) is 141 Å². The Morgan fingerprint density at radius 3 is 2.31 bits per heavy atom. The van der Waals surface area contributed by atoms with E-state index in [9.17, 15) is 29.1 Å². The van der Waals surface area contributed by atoms with E-state index in [-0.39, 0.29) is 41.4 Å². The Balaban J connectivity index is 1.26. The van der Waals surface area contributed by atoms with E-state index in [2.05, 4.69) is 5.32 Å². The minimum Gasteiger partial charge on any atom is -0.480 e. The van der Waals surface area contributed by atoms with Gasteiger partial charge in [0.25, 0.3) is 5.56 Å². The van der Waals surface area contributed by atoms with Crippen LogP contribution in [0.1, 0.15) is 54.4 Å². The Morgan fingerprint density at radius 1 is 1.05 bits per heavy atom. The fourth-order valence-corrected chi connectivity index (χ4v) is 7.34. The maximum atomic E-state index is 13.6. The van der Waals surface area contributed by atoms with E-state index in [0.29, 0.717) is 24.8 Å². The number of methoxy groups -OCH3 is 1. The molecule has 10 heteroatoms. The lowest BCUT2D eigenvalue weighted by Gasteiger charge is -2.59. The number of hydrogen-bond acceptors (Lipinski definition) is 7. The summed E-state index contributed by atoms with van der Waals surface area (Å²) in [4.78, 5) is 63.0. The van der Waals surface area contributed by atoms with Gasteiger partial charge in [0.1, 0.15) is 17.4 Å². The monoisotopic (exact) mass is 536 g/mol. The number of carbonyl (C=O) groups is 4. The van der Waals surface area contributed by atoms with Crippen molar-refractivity contribution in [1.29, 1.82) is 0 Å². The molecule has 4 aliphatic carbocycles. The van der Waals surface area contributed by atoms with Gasteiger partial charge in [0.2, 0.25) is 5.91 Å². The lowest BCUT2D eigenvalue weighted by molar-refractivity contribution is -0.182. The summed E-state index contributed by atoms with van der Waals surface area (Å²) < 4.78 is 11.7. The van der Waals surface area contributed by atoms with Crippen molar-refractivity contribution in [2.24, 2.45) is 29.7 Å². The third-order valence-electron chi connectivity index (χ3n) is 8.68. The summed E-state index contributed by atoms with van der Waals surface area (Å²) in [5.74, 6) is -1.82. The van der Waals surface area contributed by atoms with Gasteiger partial charge in [-0.3, -0.25) is 14.4 Å². The van der Waals surface area contributed by atoms with Gasteiger partial charge in [0.15, 0.2) is 0 Å². The number of ether oxygens (including phenoxy) is 2. The average molecular weight is 537 g/mol. The number of aromatic nitrogens is 1. The van der Waals surface area contributed by atoms with Crippen LogP contribution in [0.15, 0.2) is 47.4 Å². The van der Waals surface area contributed by atoms with Crippen molar-refractivity contribution < 1.29 is 33.8 Å². The first-order chi connectivity index (χ1) is 18.5. The minimum atomic E-state index is -1.17. The standard InChI is InChI=1S/C29H32N2O8/c1-31-9-3-4-21(23(31)32)25(35)39-20-7-5-17(6-8-20)11-22(24(33)34)30-26(36)28-12-18-10-19(13-28)15-29(14-18,16-28)27(37)38-2/h3-9,18-19,22H,10-16H2,1-2H3,(H,30,36)(H,33,34)/t18?,19?,22-,28?,29?/m0/s1. The van der Waals surface area contributed by atoms with Gasteiger partial charge in [-0.05, 0) is 80.2 Å². The molecule has 3 atom stereocenters. The van der Waals surface area contributed by atoms with Crippen molar-refractivity contribution in [2.45, 2.75) is 51.0 Å². The zero-order valence-electron chi connectivity index (χ0n) is 22.0. The van der Waals surface area contributed by atoms with Gasteiger partial charge in [0.05, 0.1) is 17.9 Å². The zero-order chi connectivity index (χ0) is 27.9. The fourth-order valence-electron chi connectivity index (χ4n) is 7.34. The predicted octanol–water partition coefficient (Wildman–Crippen LogP) is 2.48. The van der Waals surface area contributed by atoms with Crippen LogP contribution in [0.5, 0.6) is 5.75 Å². The molecular weight excluding hydrogens is 504 g/mol. The third-order valence-corrected chi connectivity index (χ3v) is 8.68. The molecule has 4 aliphatic rings. The number of pyridine rings is 1. The normalized spacial score (nSPS) is 27.4. The molecule has 4 saturated carbocycles. The Morgan fingerprint density at radius 2 is 1.69 bits per heavy atom. The van der Waals surface area contributed by atoms with E-state index in [1.165, 1.54) is 43.1 Å². The number of rotatable bonds is 8. The van der Waals surface area contributed by atoms with E-state index >= 15 is 0 Å². The van der Waals surface area contributed by atoms with E-state index in [4.69, 9.17) is 9.47 Å². The molecule has 1 heterocycles. The molecule has 1 aromatic carbocycles. The highest BCUT2D eigenvalue weighted by molar-refractivity contribution is 5.91. The van der Waals surface area contributed by atoms with E-state index in [1.54, 1.807) is 18.2 Å². The van der Waals surface area contributed by atoms with Crippen LogP contribution in [0.2, 0.25) is 0 Å². The number of carboxylic acid groups (broad SMARTS) is 1. The highest BCUT2D eigenvalue weighted by atomic mass is 16.5. The second-order valence-corrected chi connectivity index (χ2v) is 11.5. The van der Waals surface area contributed by atoms with E-state index < -0.39 is 34.4 Å². The summed E-state index contributed by atoms with van der Waals surface area (Å²) in [6.45, 7) is 0. The molecule has 206 valence electrons. The molecule has 10 nitrogen and oxygen atoms in total.